The Morgan fingerprint density at radius 3 is 2.93 bits per heavy atom. The van der Waals surface area contributed by atoms with E-state index in [0.717, 1.165) is 18.9 Å². The van der Waals surface area contributed by atoms with Crippen molar-refractivity contribution in [2.45, 2.75) is 31.2 Å². The van der Waals surface area contributed by atoms with Gasteiger partial charge in [0.15, 0.2) is 0 Å². The molecule has 1 aromatic heterocycles. The molecule has 1 aliphatic carbocycles. The first-order valence-electron chi connectivity index (χ1n) is 5.71. The third-order valence-electron chi connectivity index (χ3n) is 3.10. The number of anilines is 1. The molecular weight excluding hydrogens is 188 g/mol. The summed E-state index contributed by atoms with van der Waals surface area (Å²) in [4.78, 5) is 8.57. The van der Waals surface area contributed by atoms with Crippen molar-refractivity contribution >= 4 is 5.82 Å². The Balaban J connectivity index is 1.70. The van der Waals surface area contributed by atoms with E-state index in [1.54, 1.807) is 6.33 Å². The molecule has 2 aliphatic rings. The molecule has 1 atom stereocenters. The zero-order valence-corrected chi connectivity index (χ0v) is 8.74. The van der Waals surface area contributed by atoms with Gasteiger partial charge in [-0.1, -0.05) is 0 Å². The summed E-state index contributed by atoms with van der Waals surface area (Å²) in [5, 5.41) is 6.79. The predicted molar refractivity (Wildman–Crippen MR) is 58.9 cm³/mol. The zero-order valence-electron chi connectivity index (χ0n) is 8.74. The molecule has 4 heteroatoms. The standard InChI is InChI=1S/C11H16N4/c1-2-8(1)10-5-11(14-7-13-10)15-9-3-4-12-6-9/h5,7-9,12H,1-4,6H2,(H,13,14,15). The van der Waals surface area contributed by atoms with E-state index in [4.69, 9.17) is 0 Å². The Hall–Kier alpha value is -1.16. The highest BCUT2D eigenvalue weighted by atomic mass is 15.1. The largest absolute Gasteiger partial charge is 0.366 e. The Morgan fingerprint density at radius 1 is 1.27 bits per heavy atom. The molecule has 1 aromatic rings. The normalized spacial score (nSPS) is 25.5. The number of hydrogen-bond donors (Lipinski definition) is 2. The van der Waals surface area contributed by atoms with Crippen LogP contribution in [0, 0.1) is 0 Å². The third kappa shape index (κ3) is 2.09. The highest BCUT2D eigenvalue weighted by molar-refractivity contribution is 5.38. The molecule has 80 valence electrons. The van der Waals surface area contributed by atoms with E-state index >= 15 is 0 Å². The van der Waals surface area contributed by atoms with Crippen LogP contribution in [0.2, 0.25) is 0 Å². The first kappa shape index (κ1) is 9.09. The van der Waals surface area contributed by atoms with Gasteiger partial charge in [0.2, 0.25) is 0 Å². The smallest absolute Gasteiger partial charge is 0.129 e. The fourth-order valence-corrected chi connectivity index (χ4v) is 2.04. The highest BCUT2D eigenvalue weighted by Gasteiger charge is 2.25. The molecule has 1 saturated carbocycles. The maximum atomic E-state index is 4.31. The summed E-state index contributed by atoms with van der Waals surface area (Å²) in [7, 11) is 0. The van der Waals surface area contributed by atoms with Crippen molar-refractivity contribution in [3.63, 3.8) is 0 Å². The van der Waals surface area contributed by atoms with Gasteiger partial charge in [-0.3, -0.25) is 0 Å². The lowest BCUT2D eigenvalue weighted by Gasteiger charge is -2.12. The lowest BCUT2D eigenvalue weighted by molar-refractivity contribution is 0.785. The summed E-state index contributed by atoms with van der Waals surface area (Å²) in [6.07, 6.45) is 5.45. The van der Waals surface area contributed by atoms with Crippen molar-refractivity contribution < 1.29 is 0 Å². The van der Waals surface area contributed by atoms with Gasteiger partial charge in [-0.25, -0.2) is 9.97 Å². The van der Waals surface area contributed by atoms with Crippen molar-refractivity contribution in [1.29, 1.82) is 0 Å². The predicted octanol–water partition coefficient (Wildman–Crippen LogP) is 1.13. The first-order chi connectivity index (χ1) is 7.42. The van der Waals surface area contributed by atoms with E-state index in [1.165, 1.54) is 25.0 Å². The summed E-state index contributed by atoms with van der Waals surface area (Å²) < 4.78 is 0. The van der Waals surface area contributed by atoms with E-state index in [1.807, 2.05) is 0 Å². The van der Waals surface area contributed by atoms with Crippen LogP contribution in [0.5, 0.6) is 0 Å². The molecular formula is C11H16N4. The summed E-state index contributed by atoms with van der Waals surface area (Å²) in [5.41, 5.74) is 1.21. The maximum Gasteiger partial charge on any atom is 0.129 e. The van der Waals surface area contributed by atoms with Crippen molar-refractivity contribution in [1.82, 2.24) is 15.3 Å². The minimum atomic E-state index is 0.534. The van der Waals surface area contributed by atoms with E-state index in [-0.39, 0.29) is 0 Å². The minimum Gasteiger partial charge on any atom is -0.366 e. The fourth-order valence-electron chi connectivity index (χ4n) is 2.04. The highest BCUT2D eigenvalue weighted by Crippen LogP contribution is 2.39. The molecule has 2 N–H and O–H groups in total. The number of hydrogen-bond acceptors (Lipinski definition) is 4. The number of nitrogens with one attached hydrogen (secondary N) is 2. The minimum absolute atomic E-state index is 0.534. The quantitative estimate of drug-likeness (QED) is 0.775. The van der Waals surface area contributed by atoms with Crippen molar-refractivity contribution in [2.75, 3.05) is 18.4 Å². The van der Waals surface area contributed by atoms with Crippen molar-refractivity contribution in [3.05, 3.63) is 18.1 Å². The van der Waals surface area contributed by atoms with Crippen LogP contribution >= 0.6 is 0 Å². The van der Waals surface area contributed by atoms with E-state index in [0.29, 0.717) is 12.0 Å². The SMILES string of the molecule is c1nc(NC2CCNC2)cc(C2CC2)n1. The van der Waals surface area contributed by atoms with Crippen LogP contribution in [0.1, 0.15) is 30.9 Å². The summed E-state index contributed by atoms with van der Waals surface area (Å²) in [6, 6.07) is 2.64. The molecule has 0 bridgehead atoms. The molecule has 15 heavy (non-hydrogen) atoms. The van der Waals surface area contributed by atoms with Crippen LogP contribution in [-0.2, 0) is 0 Å². The third-order valence-corrected chi connectivity index (χ3v) is 3.10. The van der Waals surface area contributed by atoms with Gasteiger partial charge in [-0.15, -0.1) is 0 Å². The number of rotatable bonds is 3. The van der Waals surface area contributed by atoms with E-state index < -0.39 is 0 Å². The molecule has 1 aliphatic heterocycles. The fraction of sp³-hybridized carbons (Fsp3) is 0.636. The van der Waals surface area contributed by atoms with Gasteiger partial charge in [-0.2, -0.15) is 0 Å². The Bertz CT molecular complexity index is 342. The molecule has 1 unspecified atom stereocenters. The van der Waals surface area contributed by atoms with Gasteiger partial charge in [0.05, 0.1) is 0 Å². The monoisotopic (exact) mass is 204 g/mol. The number of nitrogens with zero attached hydrogens (tertiary/aromatic N) is 2. The average molecular weight is 204 g/mol. The summed E-state index contributed by atoms with van der Waals surface area (Å²) in [6.45, 7) is 2.15. The van der Waals surface area contributed by atoms with Gasteiger partial charge in [0.25, 0.3) is 0 Å². The van der Waals surface area contributed by atoms with Gasteiger partial charge in [-0.05, 0) is 25.8 Å². The molecule has 0 aromatic carbocycles. The molecule has 2 fully saturated rings. The van der Waals surface area contributed by atoms with Gasteiger partial charge in [0.1, 0.15) is 12.1 Å². The summed E-state index contributed by atoms with van der Waals surface area (Å²) >= 11 is 0. The van der Waals surface area contributed by atoms with Crippen LogP contribution in [0.15, 0.2) is 12.4 Å². The molecule has 3 rings (SSSR count). The molecule has 2 heterocycles. The van der Waals surface area contributed by atoms with Crippen molar-refractivity contribution in [2.24, 2.45) is 0 Å². The maximum absolute atomic E-state index is 4.31. The lowest BCUT2D eigenvalue weighted by Crippen LogP contribution is -2.22. The van der Waals surface area contributed by atoms with Crippen LogP contribution in [-0.4, -0.2) is 29.1 Å². The molecule has 4 nitrogen and oxygen atoms in total. The van der Waals surface area contributed by atoms with Crippen LogP contribution in [0.25, 0.3) is 0 Å². The first-order valence-corrected chi connectivity index (χ1v) is 5.71. The van der Waals surface area contributed by atoms with Crippen LogP contribution < -0.4 is 10.6 Å². The van der Waals surface area contributed by atoms with Gasteiger partial charge in [0, 0.05) is 30.3 Å². The lowest BCUT2D eigenvalue weighted by atomic mass is 10.2. The molecule has 0 amide bonds. The van der Waals surface area contributed by atoms with E-state index in [2.05, 4.69) is 26.7 Å². The Labute approximate surface area is 89.5 Å². The molecule has 1 saturated heterocycles. The number of aromatic nitrogens is 2. The Morgan fingerprint density at radius 2 is 2.20 bits per heavy atom. The van der Waals surface area contributed by atoms with Crippen molar-refractivity contribution in [3.8, 4) is 0 Å². The van der Waals surface area contributed by atoms with Crippen LogP contribution in [0.3, 0.4) is 0 Å². The Kier molecular flexibility index (Phi) is 2.29. The second-order valence-corrected chi connectivity index (χ2v) is 4.44. The van der Waals surface area contributed by atoms with E-state index in [9.17, 15) is 0 Å². The van der Waals surface area contributed by atoms with Gasteiger partial charge >= 0.3 is 0 Å². The second kappa shape index (κ2) is 3.77. The van der Waals surface area contributed by atoms with Gasteiger partial charge < -0.3 is 10.6 Å². The van der Waals surface area contributed by atoms with Crippen LogP contribution in [0.4, 0.5) is 5.82 Å². The molecule has 0 radical (unpaired) electrons. The second-order valence-electron chi connectivity index (χ2n) is 4.44. The zero-order chi connectivity index (χ0) is 10.1. The summed E-state index contributed by atoms with van der Waals surface area (Å²) in [5.74, 6) is 1.69. The molecule has 0 spiro atoms. The average Bonchev–Trinajstić information content (AvgIpc) is 3.00. The topological polar surface area (TPSA) is 49.8 Å².